The number of aliphatic hydroxyl groups is 1. The van der Waals surface area contributed by atoms with Gasteiger partial charge in [-0.1, -0.05) is 30.3 Å². The Morgan fingerprint density at radius 3 is 2.42 bits per heavy atom. The van der Waals surface area contributed by atoms with Crippen LogP contribution in [0.1, 0.15) is 15.9 Å². The van der Waals surface area contributed by atoms with Gasteiger partial charge in [0.1, 0.15) is 6.61 Å². The van der Waals surface area contributed by atoms with E-state index < -0.39 is 24.5 Å². The van der Waals surface area contributed by atoms with Crippen LogP contribution in [0.4, 0.5) is 0 Å². The summed E-state index contributed by atoms with van der Waals surface area (Å²) in [4.78, 5) is 23.7. The Kier molecular flexibility index (Phi) is 6.99. The molecular formula is C19H21NO6. The van der Waals surface area contributed by atoms with Crippen molar-refractivity contribution in [2.24, 2.45) is 0 Å². The lowest BCUT2D eigenvalue weighted by atomic mass is 10.1. The third-order valence-corrected chi connectivity index (χ3v) is 3.64. The van der Waals surface area contributed by atoms with Crippen LogP contribution in [0, 0.1) is 0 Å². The molecule has 2 N–H and O–H groups in total. The highest BCUT2D eigenvalue weighted by atomic mass is 16.5. The molecule has 0 aliphatic rings. The van der Waals surface area contributed by atoms with E-state index in [0.717, 1.165) is 5.56 Å². The molecule has 0 heterocycles. The zero-order chi connectivity index (χ0) is 18.9. The van der Waals surface area contributed by atoms with E-state index in [1.807, 2.05) is 30.3 Å². The Labute approximate surface area is 151 Å². The molecule has 26 heavy (non-hydrogen) atoms. The average molecular weight is 359 g/mol. The van der Waals surface area contributed by atoms with E-state index in [0.29, 0.717) is 18.1 Å². The summed E-state index contributed by atoms with van der Waals surface area (Å²) >= 11 is 0. The number of amides is 1. The second kappa shape index (κ2) is 9.43. The first-order valence-corrected chi connectivity index (χ1v) is 7.93. The van der Waals surface area contributed by atoms with Gasteiger partial charge < -0.3 is 24.6 Å². The first kappa shape index (κ1) is 19.3. The summed E-state index contributed by atoms with van der Waals surface area (Å²) in [6, 6.07) is 13.2. The molecule has 0 bridgehead atoms. The number of nitrogens with one attached hydrogen (secondary N) is 1. The van der Waals surface area contributed by atoms with Gasteiger partial charge in [-0.2, -0.15) is 0 Å². The van der Waals surface area contributed by atoms with Gasteiger partial charge in [0.25, 0.3) is 5.91 Å². The van der Waals surface area contributed by atoms with Crippen molar-refractivity contribution in [2.75, 3.05) is 20.8 Å². The summed E-state index contributed by atoms with van der Waals surface area (Å²) in [7, 11) is 2.65. The molecule has 2 aromatic carbocycles. The lowest BCUT2D eigenvalue weighted by Gasteiger charge is -2.15. The number of carbonyl (C=O) groups is 2. The molecule has 1 atom stereocenters. The molecule has 0 aliphatic heterocycles. The Hall–Kier alpha value is -3.06. The minimum absolute atomic E-state index is 0.260. The predicted molar refractivity (Wildman–Crippen MR) is 94.1 cm³/mol. The SMILES string of the molecule is COC(=O)[C@H](CO)NC(=O)c1ccc(OCc2ccccc2)c(OC)c1. The topological polar surface area (TPSA) is 94.1 Å². The van der Waals surface area contributed by atoms with Crippen LogP contribution in [0.3, 0.4) is 0 Å². The molecule has 0 aromatic heterocycles. The standard InChI is InChI=1S/C19H21NO6/c1-24-17-10-14(18(22)20-15(11-21)19(23)25-2)8-9-16(17)26-12-13-6-4-3-5-7-13/h3-10,15,21H,11-12H2,1-2H3,(H,20,22)/t15-/m0/s1. The molecule has 0 fully saturated rings. The summed E-state index contributed by atoms with van der Waals surface area (Å²) in [6.45, 7) is -0.203. The van der Waals surface area contributed by atoms with Gasteiger partial charge in [0.2, 0.25) is 0 Å². The Balaban J connectivity index is 2.09. The lowest BCUT2D eigenvalue weighted by Crippen LogP contribution is -2.44. The van der Waals surface area contributed by atoms with E-state index in [-0.39, 0.29) is 5.56 Å². The van der Waals surface area contributed by atoms with Crippen molar-refractivity contribution in [1.82, 2.24) is 5.32 Å². The second-order valence-electron chi connectivity index (χ2n) is 5.37. The summed E-state index contributed by atoms with van der Waals surface area (Å²) in [5, 5.41) is 11.6. The maximum Gasteiger partial charge on any atom is 0.330 e. The zero-order valence-electron chi connectivity index (χ0n) is 14.6. The number of ether oxygens (including phenoxy) is 3. The van der Waals surface area contributed by atoms with Gasteiger partial charge in [0.05, 0.1) is 20.8 Å². The monoisotopic (exact) mass is 359 g/mol. The first-order chi connectivity index (χ1) is 12.6. The van der Waals surface area contributed by atoms with Crippen LogP contribution in [0.15, 0.2) is 48.5 Å². The van der Waals surface area contributed by atoms with Gasteiger partial charge in [-0.15, -0.1) is 0 Å². The van der Waals surface area contributed by atoms with Crippen LogP contribution in [-0.2, 0) is 16.1 Å². The third-order valence-electron chi connectivity index (χ3n) is 3.64. The van der Waals surface area contributed by atoms with Gasteiger partial charge in [-0.05, 0) is 23.8 Å². The van der Waals surface area contributed by atoms with E-state index in [2.05, 4.69) is 10.1 Å². The van der Waals surface area contributed by atoms with Crippen LogP contribution in [0.25, 0.3) is 0 Å². The highest BCUT2D eigenvalue weighted by Gasteiger charge is 2.21. The fourth-order valence-electron chi connectivity index (χ4n) is 2.23. The van der Waals surface area contributed by atoms with Crippen molar-refractivity contribution in [3.8, 4) is 11.5 Å². The van der Waals surface area contributed by atoms with E-state index in [1.54, 1.807) is 12.1 Å². The van der Waals surface area contributed by atoms with E-state index in [4.69, 9.17) is 9.47 Å². The summed E-state index contributed by atoms with van der Waals surface area (Å²) in [6.07, 6.45) is 0. The Morgan fingerprint density at radius 2 is 1.81 bits per heavy atom. The highest BCUT2D eigenvalue weighted by molar-refractivity contribution is 5.97. The Bertz CT molecular complexity index is 747. The minimum atomic E-state index is -1.13. The van der Waals surface area contributed by atoms with Gasteiger partial charge in [-0.25, -0.2) is 4.79 Å². The van der Waals surface area contributed by atoms with Crippen LogP contribution in [0.5, 0.6) is 11.5 Å². The summed E-state index contributed by atoms with van der Waals surface area (Å²) < 4.78 is 15.5. The minimum Gasteiger partial charge on any atom is -0.493 e. The van der Waals surface area contributed by atoms with Gasteiger partial charge >= 0.3 is 5.97 Å². The predicted octanol–water partition coefficient (Wildman–Crippen LogP) is 1.54. The average Bonchev–Trinajstić information content (AvgIpc) is 2.70. The molecule has 0 saturated carbocycles. The molecule has 138 valence electrons. The van der Waals surface area contributed by atoms with Crippen molar-refractivity contribution in [1.29, 1.82) is 0 Å². The molecule has 1 amide bonds. The maximum absolute atomic E-state index is 12.3. The normalized spacial score (nSPS) is 11.3. The molecule has 0 saturated heterocycles. The molecule has 7 heteroatoms. The lowest BCUT2D eigenvalue weighted by molar-refractivity contribution is -0.143. The summed E-state index contributed by atoms with van der Waals surface area (Å²) in [5.41, 5.74) is 1.26. The van der Waals surface area contributed by atoms with Crippen molar-refractivity contribution in [3.05, 3.63) is 59.7 Å². The first-order valence-electron chi connectivity index (χ1n) is 7.93. The maximum atomic E-state index is 12.3. The zero-order valence-corrected chi connectivity index (χ0v) is 14.6. The molecule has 0 aliphatic carbocycles. The second-order valence-corrected chi connectivity index (χ2v) is 5.37. The quantitative estimate of drug-likeness (QED) is 0.695. The fraction of sp³-hybridized carbons (Fsp3) is 0.263. The van der Waals surface area contributed by atoms with Crippen molar-refractivity contribution < 1.29 is 28.9 Å². The van der Waals surface area contributed by atoms with Crippen LogP contribution < -0.4 is 14.8 Å². The number of esters is 1. The highest BCUT2D eigenvalue weighted by Crippen LogP contribution is 2.28. The van der Waals surface area contributed by atoms with Gasteiger partial charge in [-0.3, -0.25) is 4.79 Å². The number of rotatable bonds is 8. The van der Waals surface area contributed by atoms with Crippen molar-refractivity contribution in [2.45, 2.75) is 12.6 Å². The van der Waals surface area contributed by atoms with Gasteiger partial charge in [0, 0.05) is 5.56 Å². The number of benzene rings is 2. The fourth-order valence-corrected chi connectivity index (χ4v) is 2.23. The van der Waals surface area contributed by atoms with E-state index in [9.17, 15) is 14.7 Å². The molecule has 0 unspecified atom stereocenters. The molecular weight excluding hydrogens is 338 g/mol. The smallest absolute Gasteiger partial charge is 0.330 e. The molecule has 0 spiro atoms. The number of methoxy groups -OCH3 is 2. The number of carbonyl (C=O) groups excluding carboxylic acids is 2. The molecule has 2 rings (SSSR count). The van der Waals surface area contributed by atoms with Crippen LogP contribution in [0.2, 0.25) is 0 Å². The van der Waals surface area contributed by atoms with Gasteiger partial charge in [0.15, 0.2) is 17.5 Å². The molecule has 2 aromatic rings. The van der Waals surface area contributed by atoms with E-state index in [1.165, 1.54) is 20.3 Å². The van der Waals surface area contributed by atoms with Crippen LogP contribution >= 0.6 is 0 Å². The molecule has 0 radical (unpaired) electrons. The third kappa shape index (κ3) is 4.97. The van der Waals surface area contributed by atoms with E-state index >= 15 is 0 Å². The summed E-state index contributed by atoms with van der Waals surface area (Å²) in [5.74, 6) is -0.398. The van der Waals surface area contributed by atoms with Crippen LogP contribution in [-0.4, -0.2) is 43.9 Å². The Morgan fingerprint density at radius 1 is 1.08 bits per heavy atom. The number of hydrogen-bond acceptors (Lipinski definition) is 6. The van der Waals surface area contributed by atoms with Crippen molar-refractivity contribution >= 4 is 11.9 Å². The number of hydrogen-bond donors (Lipinski definition) is 2. The van der Waals surface area contributed by atoms with Crippen molar-refractivity contribution in [3.63, 3.8) is 0 Å². The molecule has 7 nitrogen and oxygen atoms in total. The number of aliphatic hydroxyl groups excluding tert-OH is 1. The largest absolute Gasteiger partial charge is 0.493 e.